The Morgan fingerprint density at radius 2 is 1.87 bits per heavy atom. The molecule has 1 heterocycles. The number of hydrogen-bond donors (Lipinski definition) is 2. The maximum Gasteiger partial charge on any atom is 0.214 e. The van der Waals surface area contributed by atoms with Crippen LogP contribution in [-0.4, -0.2) is 59.9 Å². The molecule has 0 aromatic carbocycles. The average molecular weight is 258 g/mol. The minimum absolute atomic E-state index is 0.0293. The minimum atomic E-state index is -3.41. The summed E-state index contributed by atoms with van der Waals surface area (Å²) < 4.78 is 24.6. The fourth-order valence-electron chi connectivity index (χ4n) is 1.47. The molecule has 1 unspecified atom stereocenters. The first-order valence-corrected chi connectivity index (χ1v) is 6.91. The lowest BCUT2D eigenvalue weighted by Crippen LogP contribution is -2.34. The summed E-state index contributed by atoms with van der Waals surface area (Å²) in [6.45, 7) is 1.69. The molecule has 1 aliphatic rings. The maximum absolute atomic E-state index is 11.7. The second-order valence-corrected chi connectivity index (χ2v) is 6.31. The molecule has 5 nitrogen and oxygen atoms in total. The van der Waals surface area contributed by atoms with Gasteiger partial charge in [0.25, 0.3) is 0 Å². The number of alkyl halides is 1. The van der Waals surface area contributed by atoms with Crippen LogP contribution in [0.15, 0.2) is 0 Å². The third-order valence-electron chi connectivity index (χ3n) is 2.38. The summed E-state index contributed by atoms with van der Waals surface area (Å²) in [6, 6.07) is 0. The largest absolute Gasteiger partial charge is 0.389 e. The van der Waals surface area contributed by atoms with E-state index in [-0.39, 0.29) is 30.6 Å². The van der Waals surface area contributed by atoms with Crippen molar-refractivity contribution >= 4 is 21.6 Å². The summed E-state index contributed by atoms with van der Waals surface area (Å²) in [5.74, 6) is 0.0975. The van der Waals surface area contributed by atoms with Gasteiger partial charge in [-0.05, 0) is 5.92 Å². The van der Waals surface area contributed by atoms with Crippen LogP contribution in [0.25, 0.3) is 0 Å². The number of aliphatic hydroxyl groups is 2. The second-order valence-electron chi connectivity index (χ2n) is 3.99. The number of aliphatic hydroxyl groups excluding tert-OH is 2. The van der Waals surface area contributed by atoms with Crippen LogP contribution in [-0.2, 0) is 10.0 Å². The fourth-order valence-corrected chi connectivity index (χ4v) is 3.52. The molecule has 1 fully saturated rings. The van der Waals surface area contributed by atoms with Gasteiger partial charge in [-0.1, -0.05) is 6.92 Å². The molecule has 7 heteroatoms. The molecule has 0 radical (unpaired) electrons. The van der Waals surface area contributed by atoms with Gasteiger partial charge in [-0.15, -0.1) is 11.6 Å². The van der Waals surface area contributed by atoms with Crippen LogP contribution in [0.3, 0.4) is 0 Å². The Labute approximate surface area is 94.7 Å². The van der Waals surface area contributed by atoms with E-state index in [1.807, 2.05) is 0 Å². The number of sulfonamides is 1. The standard InChI is InChI=1S/C8H16ClNO4S/c1-6(2-9)5-15(13,14)10-3-7(11)8(12)4-10/h6-8,11-12H,2-5H2,1H3/t6?,7-,8+. The van der Waals surface area contributed by atoms with E-state index in [9.17, 15) is 18.6 Å². The van der Waals surface area contributed by atoms with Crippen LogP contribution >= 0.6 is 11.6 Å². The van der Waals surface area contributed by atoms with E-state index >= 15 is 0 Å². The summed E-state index contributed by atoms with van der Waals surface area (Å²) in [5, 5.41) is 18.5. The van der Waals surface area contributed by atoms with Crippen molar-refractivity contribution in [2.24, 2.45) is 5.92 Å². The van der Waals surface area contributed by atoms with E-state index in [4.69, 9.17) is 11.6 Å². The van der Waals surface area contributed by atoms with Crippen molar-refractivity contribution in [1.82, 2.24) is 4.31 Å². The molecule has 0 saturated carbocycles. The van der Waals surface area contributed by atoms with Crippen LogP contribution < -0.4 is 0 Å². The first kappa shape index (κ1) is 13.2. The normalized spacial score (nSPS) is 30.7. The lowest BCUT2D eigenvalue weighted by Gasteiger charge is -2.17. The predicted molar refractivity (Wildman–Crippen MR) is 57.3 cm³/mol. The highest BCUT2D eigenvalue weighted by Crippen LogP contribution is 2.17. The van der Waals surface area contributed by atoms with Gasteiger partial charge in [0.15, 0.2) is 0 Å². The summed E-state index contributed by atoms with van der Waals surface area (Å²) in [4.78, 5) is 0. The molecule has 0 spiro atoms. The average Bonchev–Trinajstić information content (AvgIpc) is 2.47. The van der Waals surface area contributed by atoms with Crippen LogP contribution in [0.4, 0.5) is 0 Å². The van der Waals surface area contributed by atoms with Gasteiger partial charge in [0.2, 0.25) is 10.0 Å². The van der Waals surface area contributed by atoms with Crippen molar-refractivity contribution < 1.29 is 18.6 Å². The van der Waals surface area contributed by atoms with Crippen molar-refractivity contribution in [3.8, 4) is 0 Å². The molecule has 3 atom stereocenters. The topological polar surface area (TPSA) is 77.8 Å². The van der Waals surface area contributed by atoms with Gasteiger partial charge in [0, 0.05) is 19.0 Å². The third kappa shape index (κ3) is 3.29. The fraction of sp³-hybridized carbons (Fsp3) is 1.00. The van der Waals surface area contributed by atoms with Crippen molar-refractivity contribution in [3.63, 3.8) is 0 Å². The molecule has 15 heavy (non-hydrogen) atoms. The second kappa shape index (κ2) is 4.97. The van der Waals surface area contributed by atoms with E-state index in [2.05, 4.69) is 0 Å². The van der Waals surface area contributed by atoms with E-state index < -0.39 is 22.2 Å². The van der Waals surface area contributed by atoms with Gasteiger partial charge in [-0.3, -0.25) is 0 Å². The Hall–Kier alpha value is 0.120. The molecule has 1 rings (SSSR count). The molecule has 0 amide bonds. The molecule has 1 saturated heterocycles. The van der Waals surface area contributed by atoms with Gasteiger partial charge < -0.3 is 10.2 Å². The van der Waals surface area contributed by atoms with Gasteiger partial charge in [0.05, 0.1) is 18.0 Å². The first-order valence-electron chi connectivity index (χ1n) is 4.76. The Kier molecular flexibility index (Phi) is 4.37. The van der Waals surface area contributed by atoms with E-state index in [1.54, 1.807) is 6.92 Å². The molecule has 2 N–H and O–H groups in total. The number of hydrogen-bond acceptors (Lipinski definition) is 4. The molecular formula is C8H16ClNO4S. The van der Waals surface area contributed by atoms with Crippen LogP contribution in [0.5, 0.6) is 0 Å². The highest BCUT2D eigenvalue weighted by Gasteiger charge is 2.36. The van der Waals surface area contributed by atoms with E-state index in [1.165, 1.54) is 0 Å². The Morgan fingerprint density at radius 3 is 2.27 bits per heavy atom. The quantitative estimate of drug-likeness (QED) is 0.649. The molecule has 0 aromatic heterocycles. The highest BCUT2D eigenvalue weighted by molar-refractivity contribution is 7.89. The smallest absolute Gasteiger partial charge is 0.214 e. The van der Waals surface area contributed by atoms with Gasteiger partial charge in [-0.2, -0.15) is 4.31 Å². The molecule has 90 valence electrons. The molecular weight excluding hydrogens is 242 g/mol. The summed E-state index contributed by atoms with van der Waals surface area (Å²) in [7, 11) is -3.41. The van der Waals surface area contributed by atoms with Crippen molar-refractivity contribution in [1.29, 1.82) is 0 Å². The Balaban J connectivity index is 2.63. The SMILES string of the molecule is CC(CCl)CS(=O)(=O)N1C[C@@H](O)[C@@H](O)C1. The van der Waals surface area contributed by atoms with Crippen LogP contribution in [0, 0.1) is 5.92 Å². The molecule has 0 bridgehead atoms. The summed E-state index contributed by atoms with van der Waals surface area (Å²) in [6.07, 6.45) is -1.96. The van der Waals surface area contributed by atoms with Crippen LogP contribution in [0.1, 0.15) is 6.92 Å². The monoisotopic (exact) mass is 257 g/mol. The molecule has 1 aliphatic heterocycles. The van der Waals surface area contributed by atoms with Gasteiger partial charge >= 0.3 is 0 Å². The van der Waals surface area contributed by atoms with E-state index in [0.717, 1.165) is 4.31 Å². The zero-order chi connectivity index (χ0) is 11.6. The Morgan fingerprint density at radius 1 is 1.40 bits per heavy atom. The number of halogens is 1. The number of nitrogens with zero attached hydrogens (tertiary/aromatic N) is 1. The van der Waals surface area contributed by atoms with Crippen molar-refractivity contribution in [2.75, 3.05) is 24.7 Å². The summed E-state index contributed by atoms with van der Waals surface area (Å²) in [5.41, 5.74) is 0. The lowest BCUT2D eigenvalue weighted by molar-refractivity contribution is 0.0572. The molecule has 0 aromatic rings. The summed E-state index contributed by atoms with van der Waals surface area (Å²) >= 11 is 5.54. The van der Waals surface area contributed by atoms with E-state index in [0.29, 0.717) is 0 Å². The van der Waals surface area contributed by atoms with Crippen molar-refractivity contribution in [3.05, 3.63) is 0 Å². The zero-order valence-electron chi connectivity index (χ0n) is 8.50. The van der Waals surface area contributed by atoms with Gasteiger partial charge in [-0.25, -0.2) is 8.42 Å². The lowest BCUT2D eigenvalue weighted by atomic mass is 10.3. The number of rotatable bonds is 4. The minimum Gasteiger partial charge on any atom is -0.389 e. The highest BCUT2D eigenvalue weighted by atomic mass is 35.5. The first-order chi connectivity index (χ1) is 6.86. The van der Waals surface area contributed by atoms with Crippen molar-refractivity contribution in [2.45, 2.75) is 19.1 Å². The van der Waals surface area contributed by atoms with Crippen LogP contribution in [0.2, 0.25) is 0 Å². The maximum atomic E-state index is 11.7. The predicted octanol–water partition coefficient (Wildman–Crippen LogP) is -0.772. The third-order valence-corrected chi connectivity index (χ3v) is 4.98. The number of β-amino-alcohol motifs (C(OH)–C–C–N with tert-alkyl or cyclic N) is 2. The van der Waals surface area contributed by atoms with Gasteiger partial charge in [0.1, 0.15) is 0 Å². The zero-order valence-corrected chi connectivity index (χ0v) is 10.1. The molecule has 0 aliphatic carbocycles. The Bertz CT molecular complexity index is 298.